The predicted molar refractivity (Wildman–Crippen MR) is 79.4 cm³/mol. The van der Waals surface area contributed by atoms with Gasteiger partial charge in [-0.15, -0.1) is 0 Å². The molecule has 0 bridgehead atoms. The first-order valence-corrected chi connectivity index (χ1v) is 6.58. The van der Waals surface area contributed by atoms with Gasteiger partial charge in [0.25, 0.3) is 0 Å². The molecule has 0 saturated carbocycles. The second-order valence-electron chi connectivity index (χ2n) is 4.65. The van der Waals surface area contributed by atoms with Crippen LogP contribution in [-0.2, 0) is 4.79 Å². The number of rotatable bonds is 2. The second-order valence-corrected chi connectivity index (χ2v) is 4.65. The molecular formula is C17H16N2O2. The SMILES string of the molecule is CC(=O)N(O)C(C)c1ccc(C#Cc2cccnc2)cc1. The maximum Gasteiger partial charge on any atom is 0.243 e. The Hall–Kier alpha value is -2.64. The highest BCUT2D eigenvalue weighted by Crippen LogP contribution is 2.18. The van der Waals surface area contributed by atoms with E-state index in [9.17, 15) is 10.0 Å². The lowest BCUT2D eigenvalue weighted by Gasteiger charge is -2.21. The number of hydroxylamine groups is 2. The molecule has 2 aromatic rings. The van der Waals surface area contributed by atoms with Crippen molar-refractivity contribution >= 4 is 5.91 Å². The quantitative estimate of drug-likeness (QED) is 0.523. The Kier molecular flexibility index (Phi) is 4.70. The van der Waals surface area contributed by atoms with Crippen molar-refractivity contribution in [3.05, 3.63) is 65.5 Å². The van der Waals surface area contributed by atoms with E-state index in [0.717, 1.165) is 21.8 Å². The number of carbonyl (C=O) groups is 1. The van der Waals surface area contributed by atoms with Crippen molar-refractivity contribution in [1.29, 1.82) is 0 Å². The fourth-order valence-corrected chi connectivity index (χ4v) is 1.84. The average Bonchev–Trinajstić information content (AvgIpc) is 2.53. The molecule has 1 heterocycles. The molecule has 2 rings (SSSR count). The molecule has 0 aliphatic carbocycles. The zero-order valence-corrected chi connectivity index (χ0v) is 11.9. The number of nitrogens with zero attached hydrogens (tertiary/aromatic N) is 2. The van der Waals surface area contributed by atoms with Crippen molar-refractivity contribution in [2.75, 3.05) is 0 Å². The van der Waals surface area contributed by atoms with E-state index in [0.29, 0.717) is 0 Å². The molecule has 1 atom stereocenters. The van der Waals surface area contributed by atoms with E-state index in [2.05, 4.69) is 16.8 Å². The Morgan fingerprint density at radius 3 is 2.43 bits per heavy atom. The molecule has 1 aromatic heterocycles. The van der Waals surface area contributed by atoms with Gasteiger partial charge in [-0.3, -0.25) is 15.0 Å². The van der Waals surface area contributed by atoms with Crippen LogP contribution in [0.2, 0.25) is 0 Å². The van der Waals surface area contributed by atoms with E-state index >= 15 is 0 Å². The van der Waals surface area contributed by atoms with E-state index in [1.165, 1.54) is 6.92 Å². The number of benzene rings is 1. The van der Waals surface area contributed by atoms with Crippen LogP contribution in [0.4, 0.5) is 0 Å². The summed E-state index contributed by atoms with van der Waals surface area (Å²) in [6.07, 6.45) is 3.41. The summed E-state index contributed by atoms with van der Waals surface area (Å²) in [6.45, 7) is 3.09. The van der Waals surface area contributed by atoms with Gasteiger partial charge in [-0.2, -0.15) is 0 Å². The fourth-order valence-electron chi connectivity index (χ4n) is 1.84. The van der Waals surface area contributed by atoms with Crippen molar-refractivity contribution in [1.82, 2.24) is 10.0 Å². The van der Waals surface area contributed by atoms with Crippen LogP contribution in [0.1, 0.15) is 36.6 Å². The molecule has 4 nitrogen and oxygen atoms in total. The lowest BCUT2D eigenvalue weighted by atomic mass is 10.1. The number of hydrogen-bond acceptors (Lipinski definition) is 3. The van der Waals surface area contributed by atoms with E-state index in [-0.39, 0.29) is 11.9 Å². The number of pyridine rings is 1. The van der Waals surface area contributed by atoms with Gasteiger partial charge in [0.2, 0.25) is 5.91 Å². The third-order valence-electron chi connectivity index (χ3n) is 3.10. The largest absolute Gasteiger partial charge is 0.285 e. The Morgan fingerprint density at radius 1 is 1.19 bits per heavy atom. The molecule has 0 radical (unpaired) electrons. The summed E-state index contributed by atoms with van der Waals surface area (Å²) in [5, 5.41) is 10.3. The third kappa shape index (κ3) is 3.91. The van der Waals surface area contributed by atoms with Crippen LogP contribution >= 0.6 is 0 Å². The summed E-state index contributed by atoms with van der Waals surface area (Å²) in [7, 11) is 0. The monoisotopic (exact) mass is 280 g/mol. The number of aromatic nitrogens is 1. The highest BCUT2D eigenvalue weighted by atomic mass is 16.5. The van der Waals surface area contributed by atoms with Crippen LogP contribution in [0.25, 0.3) is 0 Å². The zero-order chi connectivity index (χ0) is 15.2. The van der Waals surface area contributed by atoms with Gasteiger partial charge in [0.05, 0.1) is 6.04 Å². The molecule has 1 N–H and O–H groups in total. The van der Waals surface area contributed by atoms with Crippen LogP contribution in [0, 0.1) is 11.8 Å². The first-order valence-electron chi connectivity index (χ1n) is 6.58. The molecule has 1 amide bonds. The summed E-state index contributed by atoms with van der Waals surface area (Å²) < 4.78 is 0. The van der Waals surface area contributed by atoms with Gasteiger partial charge in [-0.05, 0) is 36.8 Å². The molecule has 1 unspecified atom stereocenters. The van der Waals surface area contributed by atoms with Gasteiger partial charge in [-0.1, -0.05) is 24.0 Å². The van der Waals surface area contributed by atoms with Crippen molar-refractivity contribution < 1.29 is 10.0 Å². The minimum atomic E-state index is -0.386. The Balaban J connectivity index is 2.13. The summed E-state index contributed by atoms with van der Waals surface area (Å²) in [5.74, 6) is 5.68. The number of hydrogen-bond donors (Lipinski definition) is 1. The maximum atomic E-state index is 11.1. The Bertz CT molecular complexity index is 669. The molecule has 4 heteroatoms. The van der Waals surface area contributed by atoms with E-state index in [4.69, 9.17) is 0 Å². The summed E-state index contributed by atoms with van der Waals surface area (Å²) >= 11 is 0. The second kappa shape index (κ2) is 6.69. The van der Waals surface area contributed by atoms with Crippen LogP contribution < -0.4 is 0 Å². The number of amides is 1. The molecule has 1 aromatic carbocycles. The van der Waals surface area contributed by atoms with Crippen LogP contribution in [0.15, 0.2) is 48.8 Å². The van der Waals surface area contributed by atoms with E-state index in [1.54, 1.807) is 19.3 Å². The van der Waals surface area contributed by atoms with Gasteiger partial charge in [0.1, 0.15) is 0 Å². The maximum absolute atomic E-state index is 11.1. The van der Waals surface area contributed by atoms with Gasteiger partial charge >= 0.3 is 0 Å². The first-order chi connectivity index (χ1) is 10.1. The minimum absolute atomic E-state index is 0.386. The molecule has 21 heavy (non-hydrogen) atoms. The smallest absolute Gasteiger partial charge is 0.243 e. The van der Waals surface area contributed by atoms with Crippen molar-refractivity contribution in [3.63, 3.8) is 0 Å². The summed E-state index contributed by atoms with van der Waals surface area (Å²) in [5.41, 5.74) is 2.56. The molecule has 0 spiro atoms. The highest BCUT2D eigenvalue weighted by molar-refractivity contribution is 5.72. The van der Waals surface area contributed by atoms with E-state index < -0.39 is 0 Å². The molecule has 106 valence electrons. The fraction of sp³-hybridized carbons (Fsp3) is 0.176. The first kappa shape index (κ1) is 14.8. The van der Waals surface area contributed by atoms with Crippen molar-refractivity contribution in [2.45, 2.75) is 19.9 Å². The van der Waals surface area contributed by atoms with Gasteiger partial charge in [0, 0.05) is 30.4 Å². The summed E-state index contributed by atoms with van der Waals surface area (Å²) in [6, 6.07) is 10.8. The third-order valence-corrected chi connectivity index (χ3v) is 3.10. The molecule has 0 aliphatic heterocycles. The van der Waals surface area contributed by atoms with Gasteiger partial charge in [0.15, 0.2) is 0 Å². The Labute approximate surface area is 124 Å². The zero-order valence-electron chi connectivity index (χ0n) is 11.9. The topological polar surface area (TPSA) is 53.4 Å². The summed E-state index contributed by atoms with van der Waals surface area (Å²) in [4.78, 5) is 15.1. The minimum Gasteiger partial charge on any atom is -0.285 e. The van der Waals surface area contributed by atoms with Crippen LogP contribution in [0.5, 0.6) is 0 Å². The number of carbonyl (C=O) groups excluding carboxylic acids is 1. The van der Waals surface area contributed by atoms with Crippen LogP contribution in [0.3, 0.4) is 0 Å². The average molecular weight is 280 g/mol. The molecule has 0 saturated heterocycles. The molecule has 0 aliphatic rings. The molecule has 0 fully saturated rings. The Morgan fingerprint density at radius 2 is 1.86 bits per heavy atom. The normalized spacial score (nSPS) is 11.2. The highest BCUT2D eigenvalue weighted by Gasteiger charge is 2.15. The van der Waals surface area contributed by atoms with Gasteiger partial charge in [-0.25, -0.2) is 5.06 Å². The predicted octanol–water partition coefficient (Wildman–Crippen LogP) is 2.78. The standard InChI is InChI=1S/C17H16N2O2/c1-13(19(21)14(2)20)17-9-7-15(8-10-17)5-6-16-4-3-11-18-12-16/h3-4,7-13,21H,1-2H3. The van der Waals surface area contributed by atoms with Gasteiger partial charge < -0.3 is 0 Å². The lowest BCUT2D eigenvalue weighted by molar-refractivity contribution is -0.172. The van der Waals surface area contributed by atoms with Crippen molar-refractivity contribution in [3.8, 4) is 11.8 Å². The van der Waals surface area contributed by atoms with E-state index in [1.807, 2.05) is 36.4 Å². The lowest BCUT2D eigenvalue weighted by Crippen LogP contribution is -2.27. The van der Waals surface area contributed by atoms with Crippen molar-refractivity contribution in [2.24, 2.45) is 0 Å². The van der Waals surface area contributed by atoms with Crippen LogP contribution in [-0.4, -0.2) is 21.2 Å². The molecular weight excluding hydrogens is 264 g/mol.